The first-order chi connectivity index (χ1) is 8.65. The Morgan fingerprint density at radius 3 is 2.78 bits per heavy atom. The normalized spacial score (nSPS) is 10.9. The van der Waals surface area contributed by atoms with Crippen LogP contribution >= 0.6 is 0 Å². The van der Waals surface area contributed by atoms with Crippen molar-refractivity contribution in [3.63, 3.8) is 0 Å². The van der Waals surface area contributed by atoms with E-state index in [0.717, 1.165) is 25.1 Å². The molecule has 0 radical (unpaired) electrons. The molecule has 0 aliphatic carbocycles. The number of aromatic hydroxyl groups is 1. The molecule has 0 heterocycles. The summed E-state index contributed by atoms with van der Waals surface area (Å²) in [4.78, 5) is 2.16. The van der Waals surface area contributed by atoms with Crippen molar-refractivity contribution in [3.8, 4) is 11.5 Å². The molecule has 0 saturated carbocycles. The van der Waals surface area contributed by atoms with Crippen molar-refractivity contribution in [3.05, 3.63) is 23.8 Å². The lowest BCUT2D eigenvalue weighted by molar-refractivity contribution is 0.316. The van der Waals surface area contributed by atoms with Gasteiger partial charge in [0.05, 0.1) is 6.61 Å². The summed E-state index contributed by atoms with van der Waals surface area (Å²) in [5.41, 5.74) is 0.880. The first kappa shape index (κ1) is 14.8. The van der Waals surface area contributed by atoms with Crippen LogP contribution in [0.1, 0.15) is 18.9 Å². The number of ether oxygens (including phenoxy) is 1. The molecule has 0 aliphatic rings. The fraction of sp³-hybridized carbons (Fsp3) is 0.571. The van der Waals surface area contributed by atoms with Crippen LogP contribution in [0.4, 0.5) is 0 Å². The molecule has 0 saturated heterocycles. The molecule has 0 atom stereocenters. The van der Waals surface area contributed by atoms with Gasteiger partial charge in [-0.15, -0.1) is 0 Å². The molecule has 0 bridgehead atoms. The molecule has 4 nitrogen and oxygen atoms in total. The summed E-state index contributed by atoms with van der Waals surface area (Å²) >= 11 is 0. The first-order valence-corrected chi connectivity index (χ1v) is 6.44. The van der Waals surface area contributed by atoms with Gasteiger partial charge < -0.3 is 20.1 Å². The number of nitrogens with one attached hydrogen (secondary N) is 1. The third-order valence-corrected chi connectivity index (χ3v) is 2.66. The number of phenolic OH excluding ortho intramolecular Hbond substituents is 1. The molecule has 0 aliphatic heterocycles. The molecule has 2 N–H and O–H groups in total. The van der Waals surface area contributed by atoms with Gasteiger partial charge in [0.15, 0.2) is 11.5 Å². The highest BCUT2D eigenvalue weighted by atomic mass is 16.5. The van der Waals surface area contributed by atoms with E-state index in [2.05, 4.69) is 24.3 Å². The van der Waals surface area contributed by atoms with Gasteiger partial charge in [-0.25, -0.2) is 0 Å². The Bertz CT molecular complexity index is 354. The molecule has 0 unspecified atom stereocenters. The molecular formula is C14H24N2O2. The summed E-state index contributed by atoms with van der Waals surface area (Å²) in [5, 5.41) is 13.3. The topological polar surface area (TPSA) is 44.7 Å². The van der Waals surface area contributed by atoms with Crippen molar-refractivity contribution in [2.75, 3.05) is 33.8 Å². The average Bonchev–Trinajstić information content (AvgIpc) is 2.33. The second-order valence-corrected chi connectivity index (χ2v) is 4.53. The molecule has 102 valence electrons. The van der Waals surface area contributed by atoms with Gasteiger partial charge in [0.1, 0.15) is 0 Å². The van der Waals surface area contributed by atoms with Crippen LogP contribution in [0.3, 0.4) is 0 Å². The second kappa shape index (κ2) is 7.95. The predicted molar refractivity (Wildman–Crippen MR) is 74.2 cm³/mol. The summed E-state index contributed by atoms with van der Waals surface area (Å²) in [5.74, 6) is 0.810. The van der Waals surface area contributed by atoms with E-state index in [0.29, 0.717) is 18.9 Å². The minimum Gasteiger partial charge on any atom is -0.504 e. The zero-order valence-electron chi connectivity index (χ0n) is 11.6. The Kier molecular flexibility index (Phi) is 6.54. The number of para-hydroxylation sites is 1. The zero-order chi connectivity index (χ0) is 13.4. The van der Waals surface area contributed by atoms with Crippen LogP contribution < -0.4 is 10.1 Å². The highest BCUT2D eigenvalue weighted by molar-refractivity contribution is 5.45. The van der Waals surface area contributed by atoms with Crippen molar-refractivity contribution in [2.24, 2.45) is 0 Å². The smallest absolute Gasteiger partial charge is 0.162 e. The maximum Gasteiger partial charge on any atom is 0.162 e. The summed E-state index contributed by atoms with van der Waals surface area (Å²) in [7, 11) is 4.13. The van der Waals surface area contributed by atoms with E-state index in [1.807, 2.05) is 19.1 Å². The third-order valence-electron chi connectivity index (χ3n) is 2.66. The van der Waals surface area contributed by atoms with E-state index in [1.165, 1.54) is 0 Å². The molecule has 4 heteroatoms. The van der Waals surface area contributed by atoms with Crippen LogP contribution in [0.25, 0.3) is 0 Å². The number of hydrogen-bond donors (Lipinski definition) is 2. The molecule has 1 aromatic carbocycles. The molecule has 0 fully saturated rings. The van der Waals surface area contributed by atoms with Crippen molar-refractivity contribution in [1.82, 2.24) is 10.2 Å². The number of hydrogen-bond acceptors (Lipinski definition) is 4. The number of benzene rings is 1. The molecule has 1 rings (SSSR count). The second-order valence-electron chi connectivity index (χ2n) is 4.53. The minimum absolute atomic E-state index is 0.249. The van der Waals surface area contributed by atoms with E-state index in [4.69, 9.17) is 4.74 Å². The molecule has 18 heavy (non-hydrogen) atoms. The van der Waals surface area contributed by atoms with E-state index >= 15 is 0 Å². The summed E-state index contributed by atoms with van der Waals surface area (Å²) in [6.07, 6.45) is 1.10. The average molecular weight is 252 g/mol. The van der Waals surface area contributed by atoms with Gasteiger partial charge in [-0.1, -0.05) is 12.1 Å². The highest BCUT2D eigenvalue weighted by Gasteiger charge is 2.06. The maximum absolute atomic E-state index is 9.99. The van der Waals surface area contributed by atoms with Gasteiger partial charge in [0.2, 0.25) is 0 Å². The SMILES string of the molecule is CCOc1cccc(CNCCCN(C)C)c1O. The Morgan fingerprint density at radius 2 is 2.11 bits per heavy atom. The number of nitrogens with zero attached hydrogens (tertiary/aromatic N) is 1. The molecular weight excluding hydrogens is 228 g/mol. The Hall–Kier alpha value is -1.26. The van der Waals surface area contributed by atoms with Crippen molar-refractivity contribution >= 4 is 0 Å². The molecule has 0 spiro atoms. The van der Waals surface area contributed by atoms with E-state index in [1.54, 1.807) is 6.07 Å². The van der Waals surface area contributed by atoms with Crippen LogP contribution in [-0.2, 0) is 6.54 Å². The lowest BCUT2D eigenvalue weighted by atomic mass is 10.2. The number of phenols is 1. The number of rotatable bonds is 8. The monoisotopic (exact) mass is 252 g/mol. The fourth-order valence-electron chi connectivity index (χ4n) is 1.73. The third kappa shape index (κ3) is 4.94. The van der Waals surface area contributed by atoms with Gasteiger partial charge in [0.25, 0.3) is 0 Å². The van der Waals surface area contributed by atoms with Crippen LogP contribution in [0.2, 0.25) is 0 Å². The Labute approximate surface area is 110 Å². The van der Waals surface area contributed by atoms with Crippen LogP contribution in [-0.4, -0.2) is 43.8 Å². The summed E-state index contributed by atoms with van der Waals surface area (Å²) in [6, 6.07) is 5.60. The Balaban J connectivity index is 2.40. The summed E-state index contributed by atoms with van der Waals surface area (Å²) < 4.78 is 5.35. The van der Waals surface area contributed by atoms with Gasteiger partial charge in [-0.3, -0.25) is 0 Å². The van der Waals surface area contributed by atoms with Gasteiger partial charge >= 0.3 is 0 Å². The van der Waals surface area contributed by atoms with Crippen LogP contribution in [0, 0.1) is 0 Å². The van der Waals surface area contributed by atoms with Crippen molar-refractivity contribution in [2.45, 2.75) is 19.9 Å². The minimum atomic E-state index is 0.249. The standard InChI is InChI=1S/C14H24N2O2/c1-4-18-13-8-5-7-12(14(13)17)11-15-9-6-10-16(2)3/h5,7-8,15,17H,4,6,9-11H2,1-3H3. The van der Waals surface area contributed by atoms with Gasteiger partial charge in [-0.2, -0.15) is 0 Å². The van der Waals surface area contributed by atoms with Crippen LogP contribution in [0.5, 0.6) is 11.5 Å². The predicted octanol–water partition coefficient (Wildman–Crippen LogP) is 1.83. The first-order valence-electron chi connectivity index (χ1n) is 6.44. The quantitative estimate of drug-likeness (QED) is 0.693. The maximum atomic E-state index is 9.99. The highest BCUT2D eigenvalue weighted by Crippen LogP contribution is 2.29. The van der Waals surface area contributed by atoms with E-state index in [-0.39, 0.29) is 5.75 Å². The molecule has 1 aromatic rings. The Morgan fingerprint density at radius 1 is 1.33 bits per heavy atom. The zero-order valence-corrected chi connectivity index (χ0v) is 11.6. The molecule has 0 aromatic heterocycles. The van der Waals surface area contributed by atoms with Crippen molar-refractivity contribution in [1.29, 1.82) is 0 Å². The van der Waals surface area contributed by atoms with E-state index in [9.17, 15) is 5.11 Å². The summed E-state index contributed by atoms with van der Waals surface area (Å²) in [6.45, 7) is 5.15. The lowest BCUT2D eigenvalue weighted by Gasteiger charge is -2.12. The van der Waals surface area contributed by atoms with Crippen molar-refractivity contribution < 1.29 is 9.84 Å². The molecule has 0 amide bonds. The fourth-order valence-corrected chi connectivity index (χ4v) is 1.73. The van der Waals surface area contributed by atoms with E-state index < -0.39 is 0 Å². The lowest BCUT2D eigenvalue weighted by Crippen LogP contribution is -2.21. The van der Waals surface area contributed by atoms with Gasteiger partial charge in [-0.05, 0) is 46.6 Å². The van der Waals surface area contributed by atoms with Gasteiger partial charge in [0, 0.05) is 12.1 Å². The largest absolute Gasteiger partial charge is 0.504 e. The van der Waals surface area contributed by atoms with Crippen LogP contribution in [0.15, 0.2) is 18.2 Å².